The normalized spacial score (nSPS) is 29.9. The first-order chi connectivity index (χ1) is 8.85. The average Bonchev–Trinajstić information content (AvgIpc) is 3.06. The molecule has 0 aromatic carbocycles. The van der Waals surface area contributed by atoms with Crippen LogP contribution in [0.15, 0.2) is 12.3 Å². The Morgan fingerprint density at radius 3 is 3.11 bits per heavy atom. The molecular formula is C14H23N3O. The molecule has 4 nitrogen and oxygen atoms in total. The predicted molar refractivity (Wildman–Crippen MR) is 71.6 cm³/mol. The molecule has 3 rings (SSSR count). The second kappa shape index (κ2) is 5.31. The summed E-state index contributed by atoms with van der Waals surface area (Å²) in [5.74, 6) is 2.93. The van der Waals surface area contributed by atoms with Crippen molar-refractivity contribution < 1.29 is 4.74 Å². The molecule has 18 heavy (non-hydrogen) atoms. The maximum absolute atomic E-state index is 5.05. The molecule has 2 aliphatic rings. The third kappa shape index (κ3) is 2.53. The highest BCUT2D eigenvalue weighted by atomic mass is 16.5. The summed E-state index contributed by atoms with van der Waals surface area (Å²) in [5.41, 5.74) is 0. The van der Waals surface area contributed by atoms with E-state index >= 15 is 0 Å². The van der Waals surface area contributed by atoms with Crippen LogP contribution in [0.2, 0.25) is 0 Å². The van der Waals surface area contributed by atoms with Crippen LogP contribution in [0.1, 0.15) is 32.1 Å². The SMILES string of the molecule is COCCCn1ccc(NC2CC3CCC2C3)n1. The summed E-state index contributed by atoms with van der Waals surface area (Å²) in [6.45, 7) is 1.74. The maximum atomic E-state index is 5.05. The minimum Gasteiger partial charge on any atom is -0.385 e. The molecule has 0 aliphatic heterocycles. The number of nitrogens with zero attached hydrogens (tertiary/aromatic N) is 2. The Kier molecular flexibility index (Phi) is 3.55. The zero-order chi connectivity index (χ0) is 12.4. The molecule has 3 unspecified atom stereocenters. The fraction of sp³-hybridized carbons (Fsp3) is 0.786. The van der Waals surface area contributed by atoms with Crippen LogP contribution in [0.25, 0.3) is 0 Å². The van der Waals surface area contributed by atoms with Gasteiger partial charge in [-0.3, -0.25) is 4.68 Å². The first-order valence-corrected chi connectivity index (χ1v) is 7.14. The lowest BCUT2D eigenvalue weighted by Gasteiger charge is -2.22. The highest BCUT2D eigenvalue weighted by Gasteiger charge is 2.39. The smallest absolute Gasteiger partial charge is 0.148 e. The Balaban J connectivity index is 1.51. The molecule has 2 aliphatic carbocycles. The van der Waals surface area contributed by atoms with Crippen LogP contribution >= 0.6 is 0 Å². The number of aryl methyl sites for hydroxylation is 1. The highest BCUT2D eigenvalue weighted by Crippen LogP contribution is 2.45. The van der Waals surface area contributed by atoms with Crippen LogP contribution in [0.5, 0.6) is 0 Å². The molecule has 1 N–H and O–H groups in total. The Bertz CT molecular complexity index is 390. The number of anilines is 1. The van der Waals surface area contributed by atoms with Gasteiger partial charge < -0.3 is 10.1 Å². The van der Waals surface area contributed by atoms with Gasteiger partial charge in [-0.1, -0.05) is 6.42 Å². The summed E-state index contributed by atoms with van der Waals surface area (Å²) in [7, 11) is 1.74. The Labute approximate surface area is 109 Å². The molecule has 4 heteroatoms. The second-order valence-electron chi connectivity index (χ2n) is 5.74. The molecule has 0 radical (unpaired) electrons. The lowest BCUT2D eigenvalue weighted by Crippen LogP contribution is -2.26. The predicted octanol–water partition coefficient (Wildman–Crippen LogP) is 2.52. The molecular weight excluding hydrogens is 226 g/mol. The number of rotatable bonds is 6. The van der Waals surface area contributed by atoms with Gasteiger partial charge in [-0.15, -0.1) is 0 Å². The number of fused-ring (bicyclic) bond motifs is 2. The fourth-order valence-corrected chi connectivity index (χ4v) is 3.55. The largest absolute Gasteiger partial charge is 0.385 e. The molecule has 0 spiro atoms. The van der Waals surface area contributed by atoms with Gasteiger partial charge in [0.15, 0.2) is 0 Å². The van der Waals surface area contributed by atoms with Crippen LogP contribution in [-0.4, -0.2) is 29.5 Å². The van der Waals surface area contributed by atoms with E-state index < -0.39 is 0 Å². The van der Waals surface area contributed by atoms with E-state index in [1.54, 1.807) is 7.11 Å². The van der Waals surface area contributed by atoms with E-state index in [1.165, 1.54) is 25.7 Å². The summed E-state index contributed by atoms with van der Waals surface area (Å²) >= 11 is 0. The first kappa shape index (κ1) is 12.0. The van der Waals surface area contributed by atoms with Crippen LogP contribution in [0, 0.1) is 11.8 Å². The van der Waals surface area contributed by atoms with Gasteiger partial charge in [-0.25, -0.2) is 0 Å². The van der Waals surface area contributed by atoms with E-state index in [0.717, 1.165) is 37.2 Å². The van der Waals surface area contributed by atoms with Crippen molar-refractivity contribution >= 4 is 5.82 Å². The van der Waals surface area contributed by atoms with Crippen molar-refractivity contribution in [2.45, 2.75) is 44.7 Å². The Morgan fingerprint density at radius 2 is 2.39 bits per heavy atom. The molecule has 1 aromatic rings. The molecule has 1 heterocycles. The Morgan fingerprint density at radius 1 is 1.44 bits per heavy atom. The second-order valence-corrected chi connectivity index (χ2v) is 5.74. The molecule has 0 saturated heterocycles. The fourth-order valence-electron chi connectivity index (χ4n) is 3.55. The van der Waals surface area contributed by atoms with E-state index in [2.05, 4.69) is 22.7 Å². The van der Waals surface area contributed by atoms with Crippen LogP contribution in [0.3, 0.4) is 0 Å². The van der Waals surface area contributed by atoms with Crippen LogP contribution in [0.4, 0.5) is 5.82 Å². The summed E-state index contributed by atoms with van der Waals surface area (Å²) in [6.07, 6.45) is 8.73. The van der Waals surface area contributed by atoms with Gasteiger partial charge in [0.2, 0.25) is 0 Å². The van der Waals surface area contributed by atoms with Gasteiger partial charge in [0, 0.05) is 38.6 Å². The van der Waals surface area contributed by atoms with Crippen LogP contribution < -0.4 is 5.32 Å². The first-order valence-electron chi connectivity index (χ1n) is 7.14. The number of hydrogen-bond acceptors (Lipinski definition) is 3. The van der Waals surface area contributed by atoms with Crippen molar-refractivity contribution in [2.75, 3.05) is 19.0 Å². The van der Waals surface area contributed by atoms with Gasteiger partial charge >= 0.3 is 0 Å². The minimum absolute atomic E-state index is 0.672. The number of nitrogens with one attached hydrogen (secondary N) is 1. The molecule has 2 fully saturated rings. The minimum atomic E-state index is 0.672. The van der Waals surface area contributed by atoms with Gasteiger partial charge in [0.25, 0.3) is 0 Å². The van der Waals surface area contributed by atoms with Gasteiger partial charge in [0.05, 0.1) is 0 Å². The van der Waals surface area contributed by atoms with Crippen molar-refractivity contribution in [3.05, 3.63) is 12.3 Å². The summed E-state index contributed by atoms with van der Waals surface area (Å²) in [5, 5.41) is 8.20. The number of ether oxygens (including phenoxy) is 1. The van der Waals surface area contributed by atoms with Crippen molar-refractivity contribution in [3.8, 4) is 0 Å². The Hall–Kier alpha value is -1.03. The van der Waals surface area contributed by atoms with Crippen molar-refractivity contribution in [2.24, 2.45) is 11.8 Å². The summed E-state index contributed by atoms with van der Waals surface area (Å²) in [6, 6.07) is 2.77. The third-order valence-electron chi connectivity index (χ3n) is 4.45. The molecule has 3 atom stereocenters. The highest BCUT2D eigenvalue weighted by molar-refractivity contribution is 5.34. The standard InChI is InChI=1S/C14H23N3O/c1-18-8-2-6-17-7-5-14(16-17)15-13-10-11-3-4-12(13)9-11/h5,7,11-13H,2-4,6,8-10H2,1H3,(H,15,16). The van der Waals surface area contributed by atoms with Gasteiger partial charge in [-0.05, 0) is 37.5 Å². The molecule has 1 aromatic heterocycles. The molecule has 2 bridgehead atoms. The zero-order valence-electron chi connectivity index (χ0n) is 11.1. The topological polar surface area (TPSA) is 39.1 Å². The van der Waals surface area contributed by atoms with E-state index in [9.17, 15) is 0 Å². The van der Waals surface area contributed by atoms with Crippen molar-refractivity contribution in [1.29, 1.82) is 0 Å². The quantitative estimate of drug-likeness (QED) is 0.787. The van der Waals surface area contributed by atoms with E-state index in [-0.39, 0.29) is 0 Å². The van der Waals surface area contributed by atoms with Gasteiger partial charge in [-0.2, -0.15) is 5.10 Å². The lowest BCUT2D eigenvalue weighted by atomic mass is 9.95. The van der Waals surface area contributed by atoms with E-state index in [4.69, 9.17) is 4.74 Å². The molecule has 2 saturated carbocycles. The van der Waals surface area contributed by atoms with Crippen molar-refractivity contribution in [3.63, 3.8) is 0 Å². The average molecular weight is 249 g/mol. The monoisotopic (exact) mass is 249 g/mol. The number of hydrogen-bond donors (Lipinski definition) is 1. The molecule has 100 valence electrons. The third-order valence-corrected chi connectivity index (χ3v) is 4.45. The van der Waals surface area contributed by atoms with Crippen LogP contribution in [-0.2, 0) is 11.3 Å². The number of methoxy groups -OCH3 is 1. The summed E-state index contributed by atoms with van der Waals surface area (Å²) < 4.78 is 7.06. The summed E-state index contributed by atoms with van der Waals surface area (Å²) in [4.78, 5) is 0. The van der Waals surface area contributed by atoms with Crippen molar-refractivity contribution in [1.82, 2.24) is 9.78 Å². The maximum Gasteiger partial charge on any atom is 0.148 e. The van der Waals surface area contributed by atoms with E-state index in [0.29, 0.717) is 6.04 Å². The van der Waals surface area contributed by atoms with Gasteiger partial charge in [0.1, 0.15) is 5.82 Å². The number of aromatic nitrogens is 2. The molecule has 0 amide bonds. The zero-order valence-corrected chi connectivity index (χ0v) is 11.1. The lowest BCUT2D eigenvalue weighted by molar-refractivity contribution is 0.189. The van der Waals surface area contributed by atoms with E-state index in [1.807, 2.05) is 4.68 Å².